The molecule has 1 heterocycles. The summed E-state index contributed by atoms with van der Waals surface area (Å²) in [6.45, 7) is 5.52. The first-order valence-electron chi connectivity index (χ1n) is 8.07. The van der Waals surface area contributed by atoms with Crippen molar-refractivity contribution in [2.24, 2.45) is 5.92 Å². The fraction of sp³-hybridized carbons (Fsp3) is 0.529. The normalized spacial score (nSPS) is 20.6. The number of aryl methyl sites for hydroxylation is 1. The lowest BCUT2D eigenvalue weighted by Gasteiger charge is -2.23. The molecule has 1 aliphatic rings. The van der Waals surface area contributed by atoms with E-state index in [0.717, 1.165) is 5.56 Å². The van der Waals surface area contributed by atoms with Crippen LogP contribution in [0, 0.1) is 12.8 Å². The third-order valence-electron chi connectivity index (χ3n) is 4.20. The fourth-order valence-corrected chi connectivity index (χ4v) is 4.45. The van der Waals surface area contributed by atoms with Gasteiger partial charge in [-0.05, 0) is 30.9 Å². The Hall–Kier alpha value is -1.89. The van der Waals surface area contributed by atoms with Gasteiger partial charge in [-0.1, -0.05) is 32.0 Å². The van der Waals surface area contributed by atoms with E-state index >= 15 is 0 Å². The zero-order valence-corrected chi connectivity index (χ0v) is 15.0. The Morgan fingerprint density at radius 2 is 1.88 bits per heavy atom. The molecule has 2 unspecified atom stereocenters. The molecule has 2 amide bonds. The second kappa shape index (κ2) is 7.34. The van der Waals surface area contributed by atoms with Gasteiger partial charge < -0.3 is 10.6 Å². The summed E-state index contributed by atoms with van der Waals surface area (Å²) in [6.07, 6.45) is 0.421. The highest BCUT2D eigenvalue weighted by atomic mass is 32.2. The first-order valence-corrected chi connectivity index (χ1v) is 9.89. The van der Waals surface area contributed by atoms with Gasteiger partial charge in [0.2, 0.25) is 5.91 Å². The third kappa shape index (κ3) is 4.56. The number of sulfone groups is 1. The first-order chi connectivity index (χ1) is 11.2. The van der Waals surface area contributed by atoms with Crippen molar-refractivity contribution in [3.63, 3.8) is 0 Å². The van der Waals surface area contributed by atoms with Crippen LogP contribution in [0.15, 0.2) is 24.3 Å². The molecule has 2 atom stereocenters. The summed E-state index contributed by atoms with van der Waals surface area (Å²) < 4.78 is 23.0. The summed E-state index contributed by atoms with van der Waals surface area (Å²) in [5.74, 6) is -0.694. The van der Waals surface area contributed by atoms with Crippen molar-refractivity contribution in [2.75, 3.05) is 11.5 Å². The Kier molecular flexibility index (Phi) is 5.64. The summed E-state index contributed by atoms with van der Waals surface area (Å²) in [5, 5.41) is 5.52. The van der Waals surface area contributed by atoms with E-state index in [2.05, 4.69) is 10.6 Å². The van der Waals surface area contributed by atoms with Crippen LogP contribution in [0.1, 0.15) is 36.2 Å². The maximum absolute atomic E-state index is 12.5. The molecule has 1 aliphatic heterocycles. The maximum Gasteiger partial charge on any atom is 0.252 e. The van der Waals surface area contributed by atoms with Gasteiger partial charge in [0.1, 0.15) is 6.04 Å². The number of carbonyl (C=O) groups excluding carboxylic acids is 2. The van der Waals surface area contributed by atoms with Crippen LogP contribution in [0.3, 0.4) is 0 Å². The van der Waals surface area contributed by atoms with Crippen LogP contribution in [-0.4, -0.2) is 43.8 Å². The minimum Gasteiger partial charge on any atom is -0.351 e. The number of nitrogens with one attached hydrogen (secondary N) is 2. The molecule has 2 rings (SSSR count). The van der Waals surface area contributed by atoms with E-state index in [-0.39, 0.29) is 35.3 Å². The van der Waals surface area contributed by atoms with Gasteiger partial charge in [0.15, 0.2) is 9.84 Å². The molecular formula is C17H24N2O4S. The molecule has 2 N–H and O–H groups in total. The van der Waals surface area contributed by atoms with Crippen LogP contribution in [0.2, 0.25) is 0 Å². The van der Waals surface area contributed by atoms with Gasteiger partial charge in [0, 0.05) is 11.6 Å². The van der Waals surface area contributed by atoms with Crippen molar-refractivity contribution in [1.82, 2.24) is 10.6 Å². The zero-order valence-electron chi connectivity index (χ0n) is 14.2. The van der Waals surface area contributed by atoms with Crippen LogP contribution in [-0.2, 0) is 14.6 Å². The van der Waals surface area contributed by atoms with E-state index in [1.165, 1.54) is 0 Å². The molecule has 0 aliphatic carbocycles. The van der Waals surface area contributed by atoms with Gasteiger partial charge in [0.05, 0.1) is 11.5 Å². The molecule has 1 fully saturated rings. The Labute approximate surface area is 142 Å². The lowest BCUT2D eigenvalue weighted by molar-refractivity contribution is -0.124. The van der Waals surface area contributed by atoms with Crippen molar-refractivity contribution in [3.05, 3.63) is 35.4 Å². The molecule has 1 aromatic rings. The number of amides is 2. The second-order valence-corrected chi connectivity index (χ2v) is 8.85. The molecule has 6 nitrogen and oxygen atoms in total. The first kappa shape index (κ1) is 18.4. The minimum atomic E-state index is -3.06. The van der Waals surface area contributed by atoms with E-state index in [1.807, 2.05) is 32.9 Å². The van der Waals surface area contributed by atoms with Crippen molar-refractivity contribution < 1.29 is 18.0 Å². The monoisotopic (exact) mass is 352 g/mol. The molecular weight excluding hydrogens is 328 g/mol. The molecule has 0 radical (unpaired) electrons. The molecule has 0 bridgehead atoms. The highest BCUT2D eigenvalue weighted by Crippen LogP contribution is 2.13. The van der Waals surface area contributed by atoms with Crippen LogP contribution >= 0.6 is 0 Å². The molecule has 24 heavy (non-hydrogen) atoms. The number of carbonyl (C=O) groups is 2. The zero-order chi connectivity index (χ0) is 17.9. The Balaban J connectivity index is 2.05. The summed E-state index contributed by atoms with van der Waals surface area (Å²) in [6, 6.07) is 6.08. The van der Waals surface area contributed by atoms with Gasteiger partial charge in [-0.3, -0.25) is 9.59 Å². The highest BCUT2D eigenvalue weighted by Gasteiger charge is 2.32. The van der Waals surface area contributed by atoms with Gasteiger partial charge in [-0.15, -0.1) is 0 Å². The largest absolute Gasteiger partial charge is 0.351 e. The highest BCUT2D eigenvalue weighted by molar-refractivity contribution is 7.91. The van der Waals surface area contributed by atoms with E-state index in [4.69, 9.17) is 0 Å². The Morgan fingerprint density at radius 1 is 1.21 bits per heavy atom. The third-order valence-corrected chi connectivity index (χ3v) is 5.97. The van der Waals surface area contributed by atoms with Gasteiger partial charge in [0.25, 0.3) is 5.91 Å². The standard InChI is InChI=1S/C17H24N2O4S/c1-11(2)15(17(21)18-13-8-9-24(22,23)10-13)19-16(20)14-7-5-4-6-12(14)3/h4-7,11,13,15H,8-10H2,1-3H3,(H,18,21)(H,19,20). The Morgan fingerprint density at radius 3 is 2.42 bits per heavy atom. The maximum atomic E-state index is 12.5. The van der Waals surface area contributed by atoms with Crippen molar-refractivity contribution >= 4 is 21.7 Å². The van der Waals surface area contributed by atoms with E-state index in [9.17, 15) is 18.0 Å². The number of hydrogen-bond acceptors (Lipinski definition) is 4. The molecule has 0 saturated carbocycles. The van der Waals surface area contributed by atoms with Crippen LogP contribution in [0.4, 0.5) is 0 Å². The van der Waals surface area contributed by atoms with Crippen molar-refractivity contribution in [2.45, 2.75) is 39.3 Å². The lowest BCUT2D eigenvalue weighted by Crippen LogP contribution is -2.52. The summed E-state index contributed by atoms with van der Waals surface area (Å²) in [4.78, 5) is 24.9. The van der Waals surface area contributed by atoms with Crippen LogP contribution in [0.25, 0.3) is 0 Å². The molecule has 132 valence electrons. The topological polar surface area (TPSA) is 92.3 Å². The smallest absolute Gasteiger partial charge is 0.252 e. The summed E-state index contributed by atoms with van der Waals surface area (Å²) in [5.41, 5.74) is 1.36. The van der Waals surface area contributed by atoms with Crippen LogP contribution in [0.5, 0.6) is 0 Å². The minimum absolute atomic E-state index is 0.0324. The SMILES string of the molecule is Cc1ccccc1C(=O)NC(C(=O)NC1CCS(=O)(=O)C1)C(C)C. The van der Waals surface area contributed by atoms with Gasteiger partial charge >= 0.3 is 0 Å². The van der Waals surface area contributed by atoms with Gasteiger partial charge in [-0.25, -0.2) is 8.42 Å². The van der Waals surface area contributed by atoms with Crippen molar-refractivity contribution in [1.29, 1.82) is 0 Å². The van der Waals surface area contributed by atoms with E-state index < -0.39 is 15.9 Å². The average Bonchev–Trinajstić information content (AvgIpc) is 2.83. The predicted octanol–water partition coefficient (Wildman–Crippen LogP) is 1.05. The number of benzene rings is 1. The molecule has 7 heteroatoms. The molecule has 0 spiro atoms. The molecule has 1 aromatic carbocycles. The summed E-state index contributed by atoms with van der Waals surface area (Å²) >= 11 is 0. The average molecular weight is 352 g/mol. The van der Waals surface area contributed by atoms with Crippen LogP contribution < -0.4 is 10.6 Å². The summed E-state index contributed by atoms with van der Waals surface area (Å²) in [7, 11) is -3.06. The lowest BCUT2D eigenvalue weighted by atomic mass is 10.0. The van der Waals surface area contributed by atoms with Gasteiger partial charge in [-0.2, -0.15) is 0 Å². The molecule has 1 saturated heterocycles. The quantitative estimate of drug-likeness (QED) is 0.828. The second-order valence-electron chi connectivity index (χ2n) is 6.62. The van der Waals surface area contributed by atoms with E-state index in [1.54, 1.807) is 12.1 Å². The molecule has 0 aromatic heterocycles. The predicted molar refractivity (Wildman–Crippen MR) is 92.5 cm³/mol. The Bertz CT molecular complexity index is 728. The number of rotatable bonds is 5. The fourth-order valence-electron chi connectivity index (χ4n) is 2.78. The number of hydrogen-bond donors (Lipinski definition) is 2. The van der Waals surface area contributed by atoms with Crippen molar-refractivity contribution in [3.8, 4) is 0 Å². The van der Waals surface area contributed by atoms with E-state index in [0.29, 0.717) is 12.0 Å².